The maximum atomic E-state index is 12.9. The maximum Gasteiger partial charge on any atom is 0.305 e. The number of amides is 1. The zero-order valence-corrected chi connectivity index (χ0v) is 14.7. The van der Waals surface area contributed by atoms with Crippen LogP contribution in [0.5, 0.6) is 0 Å². The van der Waals surface area contributed by atoms with E-state index in [1.165, 1.54) is 11.1 Å². The van der Waals surface area contributed by atoms with Crippen molar-refractivity contribution in [2.75, 3.05) is 0 Å². The highest BCUT2D eigenvalue weighted by molar-refractivity contribution is 5.85. The van der Waals surface area contributed by atoms with E-state index in [0.717, 1.165) is 31.2 Å². The Morgan fingerprint density at radius 2 is 1.85 bits per heavy atom. The van der Waals surface area contributed by atoms with E-state index in [1.54, 1.807) is 0 Å². The van der Waals surface area contributed by atoms with E-state index in [0.29, 0.717) is 0 Å². The summed E-state index contributed by atoms with van der Waals surface area (Å²) < 4.78 is 0. The van der Waals surface area contributed by atoms with Crippen LogP contribution in [-0.2, 0) is 21.4 Å². The number of rotatable bonds is 5. The van der Waals surface area contributed by atoms with Gasteiger partial charge in [-0.25, -0.2) is 0 Å². The van der Waals surface area contributed by atoms with E-state index in [4.69, 9.17) is 0 Å². The first-order valence-corrected chi connectivity index (χ1v) is 9.26. The highest BCUT2D eigenvalue weighted by Crippen LogP contribution is 2.60. The maximum absolute atomic E-state index is 12.9. The van der Waals surface area contributed by atoms with Crippen LogP contribution in [0.3, 0.4) is 0 Å². The van der Waals surface area contributed by atoms with Crippen molar-refractivity contribution in [1.29, 1.82) is 0 Å². The van der Waals surface area contributed by atoms with Crippen molar-refractivity contribution in [2.24, 2.45) is 5.92 Å². The van der Waals surface area contributed by atoms with Crippen molar-refractivity contribution in [1.82, 2.24) is 5.32 Å². The fourth-order valence-electron chi connectivity index (χ4n) is 4.56. The third kappa shape index (κ3) is 3.00. The van der Waals surface area contributed by atoms with Crippen molar-refractivity contribution in [2.45, 2.75) is 43.6 Å². The van der Waals surface area contributed by atoms with Crippen molar-refractivity contribution >= 4 is 11.9 Å². The molecule has 2 N–H and O–H groups in total. The first-order chi connectivity index (χ1) is 12.6. The molecule has 0 aliphatic heterocycles. The Morgan fingerprint density at radius 3 is 2.62 bits per heavy atom. The molecule has 0 saturated heterocycles. The van der Waals surface area contributed by atoms with Gasteiger partial charge in [0.05, 0.1) is 12.5 Å². The number of carbonyl (C=O) groups excluding carboxylic acids is 1. The van der Waals surface area contributed by atoms with Gasteiger partial charge in [-0.1, -0.05) is 54.6 Å². The van der Waals surface area contributed by atoms with Crippen molar-refractivity contribution in [3.63, 3.8) is 0 Å². The molecule has 2 aromatic carbocycles. The average Bonchev–Trinajstić information content (AvgIpc) is 3.37. The summed E-state index contributed by atoms with van der Waals surface area (Å²) in [7, 11) is 0. The van der Waals surface area contributed by atoms with Crippen LogP contribution in [0.2, 0.25) is 0 Å². The van der Waals surface area contributed by atoms with E-state index in [-0.39, 0.29) is 23.7 Å². The van der Waals surface area contributed by atoms with Crippen molar-refractivity contribution in [3.05, 3.63) is 71.3 Å². The van der Waals surface area contributed by atoms with Crippen LogP contribution in [0.15, 0.2) is 54.6 Å². The van der Waals surface area contributed by atoms with E-state index in [2.05, 4.69) is 29.6 Å². The first kappa shape index (κ1) is 16.8. The molecule has 0 bridgehead atoms. The number of carbonyl (C=O) groups is 2. The van der Waals surface area contributed by atoms with Gasteiger partial charge < -0.3 is 10.4 Å². The Labute approximate surface area is 153 Å². The molecule has 0 heterocycles. The average molecular weight is 349 g/mol. The minimum atomic E-state index is -0.910. The van der Waals surface area contributed by atoms with E-state index in [1.807, 2.05) is 30.3 Å². The van der Waals surface area contributed by atoms with E-state index < -0.39 is 12.0 Å². The molecule has 0 radical (unpaired) electrons. The van der Waals surface area contributed by atoms with Crippen LogP contribution in [0.25, 0.3) is 0 Å². The number of aliphatic carboxylic acids is 1. The molecule has 3 unspecified atom stereocenters. The van der Waals surface area contributed by atoms with Crippen LogP contribution in [-0.4, -0.2) is 17.0 Å². The fraction of sp³-hybridized carbons (Fsp3) is 0.364. The Kier molecular flexibility index (Phi) is 4.27. The standard InChI is InChI=1S/C22H23NO3/c24-20(25)13-19(16-8-2-1-3-9-16)23-21(26)18-14-22(18)12-6-10-15-7-4-5-11-17(15)22/h1-5,7-9,11,18-19H,6,10,12-14H2,(H,23,26)(H,24,25). The molecule has 1 spiro atoms. The zero-order valence-electron chi connectivity index (χ0n) is 14.7. The summed E-state index contributed by atoms with van der Waals surface area (Å²) in [6.07, 6.45) is 3.99. The van der Waals surface area contributed by atoms with Gasteiger partial charge >= 0.3 is 5.97 Å². The molecular weight excluding hydrogens is 326 g/mol. The van der Waals surface area contributed by atoms with E-state index >= 15 is 0 Å². The number of aryl methyl sites for hydroxylation is 1. The van der Waals surface area contributed by atoms with Crippen molar-refractivity contribution in [3.8, 4) is 0 Å². The summed E-state index contributed by atoms with van der Waals surface area (Å²) >= 11 is 0. The van der Waals surface area contributed by atoms with Gasteiger partial charge in [-0.15, -0.1) is 0 Å². The van der Waals surface area contributed by atoms with Crippen molar-refractivity contribution < 1.29 is 14.7 Å². The normalized spacial score (nSPS) is 24.5. The van der Waals surface area contributed by atoms with Gasteiger partial charge in [0, 0.05) is 11.3 Å². The molecule has 2 aliphatic rings. The lowest BCUT2D eigenvalue weighted by Gasteiger charge is -2.27. The predicted molar refractivity (Wildman–Crippen MR) is 98.7 cm³/mol. The van der Waals surface area contributed by atoms with Crippen LogP contribution in [0.1, 0.15) is 48.4 Å². The Hall–Kier alpha value is -2.62. The van der Waals surface area contributed by atoms with Crippen LogP contribution < -0.4 is 5.32 Å². The van der Waals surface area contributed by atoms with Gasteiger partial charge in [0.15, 0.2) is 0 Å². The quantitative estimate of drug-likeness (QED) is 0.866. The number of nitrogens with one attached hydrogen (secondary N) is 1. The molecule has 1 fully saturated rings. The summed E-state index contributed by atoms with van der Waals surface area (Å²) in [5.74, 6) is -0.978. The van der Waals surface area contributed by atoms with E-state index in [9.17, 15) is 14.7 Å². The monoisotopic (exact) mass is 349 g/mol. The molecule has 2 aromatic rings. The van der Waals surface area contributed by atoms with Gasteiger partial charge in [0.1, 0.15) is 0 Å². The summed E-state index contributed by atoms with van der Waals surface area (Å²) in [5.41, 5.74) is 3.48. The number of carboxylic acid groups (broad SMARTS) is 1. The van der Waals surface area contributed by atoms with Gasteiger partial charge in [0.2, 0.25) is 5.91 Å². The zero-order chi connectivity index (χ0) is 18.1. The summed E-state index contributed by atoms with van der Waals surface area (Å²) in [6, 6.07) is 17.3. The second-order valence-electron chi connectivity index (χ2n) is 7.49. The summed E-state index contributed by atoms with van der Waals surface area (Å²) in [5, 5.41) is 12.2. The largest absolute Gasteiger partial charge is 0.481 e. The summed E-state index contributed by atoms with van der Waals surface area (Å²) in [4.78, 5) is 24.2. The lowest BCUT2D eigenvalue weighted by Crippen LogP contribution is -2.34. The number of benzene rings is 2. The Bertz CT molecular complexity index is 832. The SMILES string of the molecule is O=C(O)CC(NC(=O)C1CC12CCCc1ccccc12)c1ccccc1. The first-order valence-electron chi connectivity index (χ1n) is 9.26. The van der Waals surface area contributed by atoms with Gasteiger partial charge in [-0.05, 0) is 42.4 Å². The van der Waals surface area contributed by atoms with Gasteiger partial charge in [-0.2, -0.15) is 0 Å². The third-order valence-corrected chi connectivity index (χ3v) is 5.91. The number of fused-ring (bicyclic) bond motifs is 2. The van der Waals surface area contributed by atoms with Crippen LogP contribution in [0, 0.1) is 5.92 Å². The second-order valence-corrected chi connectivity index (χ2v) is 7.49. The molecule has 134 valence electrons. The van der Waals surface area contributed by atoms with Crippen LogP contribution >= 0.6 is 0 Å². The molecule has 3 atom stereocenters. The number of hydrogen-bond donors (Lipinski definition) is 2. The molecule has 4 heteroatoms. The minimum absolute atomic E-state index is 0.0168. The molecule has 0 aromatic heterocycles. The number of carboxylic acids is 1. The lowest BCUT2D eigenvalue weighted by molar-refractivity contribution is -0.137. The van der Waals surface area contributed by atoms with Gasteiger partial charge in [-0.3, -0.25) is 9.59 Å². The number of hydrogen-bond acceptors (Lipinski definition) is 2. The van der Waals surface area contributed by atoms with Gasteiger partial charge in [0.25, 0.3) is 0 Å². The molecule has 1 amide bonds. The third-order valence-electron chi connectivity index (χ3n) is 5.91. The highest BCUT2D eigenvalue weighted by Gasteiger charge is 2.60. The molecule has 2 aliphatic carbocycles. The Balaban J connectivity index is 1.53. The fourth-order valence-corrected chi connectivity index (χ4v) is 4.56. The minimum Gasteiger partial charge on any atom is -0.481 e. The molecule has 26 heavy (non-hydrogen) atoms. The van der Waals surface area contributed by atoms with Crippen LogP contribution in [0.4, 0.5) is 0 Å². The smallest absolute Gasteiger partial charge is 0.305 e. The molecule has 4 rings (SSSR count). The predicted octanol–water partition coefficient (Wildman–Crippen LogP) is 3.61. The molecule has 1 saturated carbocycles. The molecule has 4 nitrogen and oxygen atoms in total. The topological polar surface area (TPSA) is 66.4 Å². The Morgan fingerprint density at radius 1 is 1.12 bits per heavy atom. The molecular formula is C22H23NO3. The highest BCUT2D eigenvalue weighted by atomic mass is 16.4. The second kappa shape index (κ2) is 6.60. The lowest BCUT2D eigenvalue weighted by atomic mass is 9.78. The summed E-state index contributed by atoms with van der Waals surface area (Å²) in [6.45, 7) is 0.